The number of ether oxygens (including phenoxy) is 3. The average molecular weight is 492 g/mol. The lowest BCUT2D eigenvalue weighted by molar-refractivity contribution is -0.138. The first kappa shape index (κ1) is 24.4. The molecule has 0 bridgehead atoms. The highest BCUT2D eigenvalue weighted by molar-refractivity contribution is 5.82. The van der Waals surface area contributed by atoms with Crippen LogP contribution in [-0.2, 0) is 9.53 Å². The van der Waals surface area contributed by atoms with Crippen molar-refractivity contribution in [1.82, 2.24) is 30.6 Å². The molecule has 1 amide bonds. The number of carbonyl (C=O) groups excluding carboxylic acids is 2. The molecular formula is C24H24N6O6. The molecule has 0 aliphatic rings. The van der Waals surface area contributed by atoms with Gasteiger partial charge in [0.25, 0.3) is 0 Å². The third-order valence-corrected chi connectivity index (χ3v) is 4.54. The van der Waals surface area contributed by atoms with Crippen molar-refractivity contribution in [1.29, 1.82) is 0 Å². The molecule has 1 unspecified atom stereocenters. The van der Waals surface area contributed by atoms with Crippen molar-refractivity contribution in [3.05, 3.63) is 54.9 Å². The topological polar surface area (TPSA) is 154 Å². The van der Waals surface area contributed by atoms with Crippen molar-refractivity contribution >= 4 is 12.1 Å². The van der Waals surface area contributed by atoms with Crippen LogP contribution in [0.1, 0.15) is 27.7 Å². The number of pyridine rings is 1. The molecule has 0 spiro atoms. The van der Waals surface area contributed by atoms with Crippen LogP contribution in [0.25, 0.3) is 22.6 Å². The Bertz CT molecular complexity index is 1330. The van der Waals surface area contributed by atoms with Gasteiger partial charge in [0, 0.05) is 29.6 Å². The lowest BCUT2D eigenvalue weighted by atomic mass is 10.2. The minimum Gasteiger partial charge on any atom is -0.444 e. The molecule has 2 N–H and O–H groups in total. The fourth-order valence-corrected chi connectivity index (χ4v) is 2.92. The normalized spacial score (nSPS) is 12.0. The fraction of sp³-hybridized carbons (Fsp3) is 0.250. The Morgan fingerprint density at radius 3 is 2.64 bits per heavy atom. The van der Waals surface area contributed by atoms with Crippen LogP contribution in [0.15, 0.2) is 59.4 Å². The van der Waals surface area contributed by atoms with Crippen molar-refractivity contribution in [2.24, 2.45) is 0 Å². The minimum absolute atomic E-state index is 0.179. The summed E-state index contributed by atoms with van der Waals surface area (Å²) in [7, 11) is 0. The second kappa shape index (κ2) is 10.3. The highest BCUT2D eigenvalue weighted by atomic mass is 16.7. The third kappa shape index (κ3) is 6.44. The standard InChI is InChI=1S/C24H24N6O6/c1-14(27-22(32)35-24(2,3)4)21(31)34-23-28-20(30-36-23)15-6-5-7-17(12-15)33-19-9-8-16(13-25-19)18-10-11-26-29-18/h5-14H,1-4H3,(H,26,29)(H,27,32). The molecule has 12 nitrogen and oxygen atoms in total. The average Bonchev–Trinajstić information content (AvgIpc) is 3.51. The smallest absolute Gasteiger partial charge is 0.425 e. The molecule has 0 saturated carbocycles. The highest BCUT2D eigenvalue weighted by Crippen LogP contribution is 2.27. The minimum atomic E-state index is -1.00. The Morgan fingerprint density at radius 1 is 1.11 bits per heavy atom. The SMILES string of the molecule is CC(NC(=O)OC(C)(C)C)C(=O)Oc1nc(-c2cccc(Oc3ccc(-c4ccn[nH]4)cn3)c2)no1. The Kier molecular flexibility index (Phi) is 6.95. The van der Waals surface area contributed by atoms with E-state index in [0.717, 1.165) is 11.3 Å². The molecule has 3 heterocycles. The molecule has 4 aromatic rings. The molecule has 0 saturated heterocycles. The largest absolute Gasteiger partial charge is 0.444 e. The quantitative estimate of drug-likeness (QED) is 0.360. The number of carbonyl (C=O) groups is 2. The van der Waals surface area contributed by atoms with E-state index < -0.39 is 23.7 Å². The van der Waals surface area contributed by atoms with Crippen LogP contribution >= 0.6 is 0 Å². The number of aromatic nitrogens is 5. The Hall–Kier alpha value is -4.74. The number of hydrogen-bond donors (Lipinski definition) is 2. The number of amides is 1. The van der Waals surface area contributed by atoms with Gasteiger partial charge >= 0.3 is 18.1 Å². The van der Waals surface area contributed by atoms with Crippen LogP contribution in [0.2, 0.25) is 0 Å². The number of benzene rings is 1. The molecule has 0 aliphatic heterocycles. The number of hydrogen-bond acceptors (Lipinski definition) is 10. The lowest BCUT2D eigenvalue weighted by Crippen LogP contribution is -2.43. The number of nitrogens with zero attached hydrogens (tertiary/aromatic N) is 4. The number of alkyl carbamates (subject to hydrolysis) is 1. The van der Waals surface area contributed by atoms with Gasteiger partial charge in [-0.05, 0) is 52.0 Å². The van der Waals surface area contributed by atoms with Crippen LogP contribution in [0.3, 0.4) is 0 Å². The molecule has 0 aliphatic carbocycles. The Balaban J connectivity index is 1.37. The maximum absolute atomic E-state index is 12.3. The molecule has 1 atom stereocenters. The van der Waals surface area contributed by atoms with Gasteiger partial charge in [0.2, 0.25) is 11.7 Å². The lowest BCUT2D eigenvalue weighted by Gasteiger charge is -2.21. The van der Waals surface area contributed by atoms with E-state index in [1.807, 2.05) is 12.1 Å². The second-order valence-corrected chi connectivity index (χ2v) is 8.66. The maximum Gasteiger partial charge on any atom is 0.425 e. The Labute approximate surface area is 206 Å². The molecular weight excluding hydrogens is 468 g/mol. The van der Waals surface area contributed by atoms with Crippen LogP contribution in [-0.4, -0.2) is 49.0 Å². The summed E-state index contributed by atoms with van der Waals surface area (Å²) >= 11 is 0. The molecule has 0 radical (unpaired) electrons. The summed E-state index contributed by atoms with van der Waals surface area (Å²) in [6, 6.07) is 11.4. The van der Waals surface area contributed by atoms with Gasteiger partial charge in [0.05, 0.1) is 5.69 Å². The summed E-state index contributed by atoms with van der Waals surface area (Å²) in [5.74, 6) is 0.272. The van der Waals surface area contributed by atoms with Gasteiger partial charge in [0.1, 0.15) is 17.4 Å². The highest BCUT2D eigenvalue weighted by Gasteiger charge is 2.24. The van der Waals surface area contributed by atoms with Crippen LogP contribution in [0.4, 0.5) is 4.79 Å². The first-order chi connectivity index (χ1) is 17.2. The van der Waals surface area contributed by atoms with Crippen LogP contribution < -0.4 is 14.8 Å². The van der Waals surface area contributed by atoms with E-state index in [9.17, 15) is 9.59 Å². The zero-order valence-corrected chi connectivity index (χ0v) is 20.0. The summed E-state index contributed by atoms with van der Waals surface area (Å²) in [6.07, 6.45) is 2.22. The first-order valence-corrected chi connectivity index (χ1v) is 11.0. The van der Waals surface area contributed by atoms with Gasteiger partial charge in [0.15, 0.2) is 0 Å². The summed E-state index contributed by atoms with van der Waals surface area (Å²) in [4.78, 5) is 32.5. The zero-order chi connectivity index (χ0) is 25.7. The van der Waals surface area contributed by atoms with Gasteiger partial charge in [-0.3, -0.25) is 9.62 Å². The van der Waals surface area contributed by atoms with Crippen molar-refractivity contribution in [2.45, 2.75) is 39.3 Å². The number of aromatic amines is 1. The summed E-state index contributed by atoms with van der Waals surface area (Å²) < 4.78 is 21.0. The molecule has 0 fully saturated rings. The summed E-state index contributed by atoms with van der Waals surface area (Å²) in [6.45, 7) is 6.58. The molecule has 186 valence electrons. The van der Waals surface area contributed by atoms with E-state index in [2.05, 4.69) is 30.6 Å². The van der Waals surface area contributed by atoms with Gasteiger partial charge in [-0.1, -0.05) is 17.3 Å². The van der Waals surface area contributed by atoms with E-state index in [1.165, 1.54) is 6.92 Å². The number of nitrogens with one attached hydrogen (secondary N) is 2. The van der Waals surface area contributed by atoms with Gasteiger partial charge in [-0.25, -0.2) is 14.6 Å². The van der Waals surface area contributed by atoms with Crippen molar-refractivity contribution in [3.8, 4) is 40.4 Å². The Morgan fingerprint density at radius 2 is 1.94 bits per heavy atom. The zero-order valence-electron chi connectivity index (χ0n) is 20.0. The van der Waals surface area contributed by atoms with Gasteiger partial charge in [-0.2, -0.15) is 10.1 Å². The van der Waals surface area contributed by atoms with Crippen LogP contribution in [0.5, 0.6) is 17.7 Å². The van der Waals surface area contributed by atoms with E-state index in [0.29, 0.717) is 17.2 Å². The summed E-state index contributed by atoms with van der Waals surface area (Å²) in [5, 5.41) is 13.0. The second-order valence-electron chi connectivity index (χ2n) is 8.66. The predicted molar refractivity (Wildman–Crippen MR) is 126 cm³/mol. The molecule has 4 rings (SSSR count). The van der Waals surface area contributed by atoms with E-state index in [4.69, 9.17) is 18.7 Å². The van der Waals surface area contributed by atoms with Crippen LogP contribution in [0, 0.1) is 0 Å². The van der Waals surface area contributed by atoms with Gasteiger partial charge < -0.3 is 19.5 Å². The number of H-pyrrole nitrogens is 1. The first-order valence-electron chi connectivity index (χ1n) is 11.0. The third-order valence-electron chi connectivity index (χ3n) is 4.54. The molecule has 1 aromatic carbocycles. The van der Waals surface area contributed by atoms with Crippen molar-refractivity contribution in [2.75, 3.05) is 0 Å². The number of rotatable bonds is 7. The van der Waals surface area contributed by atoms with Gasteiger partial charge in [-0.15, -0.1) is 0 Å². The number of esters is 1. The molecule has 12 heteroatoms. The van der Waals surface area contributed by atoms with E-state index >= 15 is 0 Å². The molecule has 3 aromatic heterocycles. The monoisotopic (exact) mass is 492 g/mol. The van der Waals surface area contributed by atoms with E-state index in [-0.39, 0.29) is 11.9 Å². The summed E-state index contributed by atoms with van der Waals surface area (Å²) in [5.41, 5.74) is 1.58. The van der Waals surface area contributed by atoms with E-state index in [1.54, 1.807) is 63.5 Å². The van der Waals surface area contributed by atoms with Crippen molar-refractivity contribution in [3.63, 3.8) is 0 Å². The predicted octanol–water partition coefficient (Wildman–Crippen LogP) is 4.13. The fourth-order valence-electron chi connectivity index (χ4n) is 2.92. The van der Waals surface area contributed by atoms with Crippen molar-refractivity contribution < 1.29 is 28.3 Å². The molecule has 36 heavy (non-hydrogen) atoms. The maximum atomic E-state index is 12.3.